The van der Waals surface area contributed by atoms with Crippen molar-refractivity contribution >= 4 is 11.5 Å². The molecule has 3 heterocycles. The Hall–Kier alpha value is -2.54. The molecule has 1 N–H and O–H groups in total. The number of hydrogen-bond acceptors (Lipinski definition) is 5. The van der Waals surface area contributed by atoms with Gasteiger partial charge in [-0.2, -0.15) is 4.52 Å². The van der Waals surface area contributed by atoms with Crippen LogP contribution in [0.5, 0.6) is 0 Å². The molecule has 1 saturated heterocycles. The zero-order valence-electron chi connectivity index (χ0n) is 14.5. The van der Waals surface area contributed by atoms with Crippen LogP contribution in [0.15, 0.2) is 36.4 Å². The Morgan fingerprint density at radius 3 is 2.54 bits per heavy atom. The summed E-state index contributed by atoms with van der Waals surface area (Å²) in [4.78, 5) is 2.60. The van der Waals surface area contributed by atoms with Crippen molar-refractivity contribution in [3.8, 4) is 11.4 Å². The average molecular weight is 352 g/mol. The van der Waals surface area contributed by atoms with Gasteiger partial charge in [0.25, 0.3) is 0 Å². The van der Waals surface area contributed by atoms with Crippen LogP contribution in [0.1, 0.15) is 25.7 Å². The van der Waals surface area contributed by atoms with Crippen LogP contribution >= 0.6 is 0 Å². The first kappa shape index (κ1) is 15.7. The summed E-state index contributed by atoms with van der Waals surface area (Å²) in [5.74, 6) is 0.875. The second-order valence-electron chi connectivity index (χ2n) is 7.18. The smallest absolute Gasteiger partial charge is 0.188 e. The zero-order chi connectivity index (χ0) is 17.5. The number of benzene rings is 1. The molecule has 5 rings (SSSR count). The van der Waals surface area contributed by atoms with Crippen molar-refractivity contribution in [3.05, 3.63) is 42.2 Å². The Bertz CT molecular complexity index is 927. The van der Waals surface area contributed by atoms with E-state index in [1.807, 2.05) is 12.1 Å². The van der Waals surface area contributed by atoms with Crippen LogP contribution in [-0.2, 0) is 0 Å². The SMILES string of the molecule is Fc1ccccc1-c1nnc2ccc(NC3CCN(C4CC4)CC3)nn12. The predicted octanol–water partition coefficient (Wildman–Crippen LogP) is 2.97. The molecule has 26 heavy (non-hydrogen) atoms. The third-order valence-corrected chi connectivity index (χ3v) is 5.32. The summed E-state index contributed by atoms with van der Waals surface area (Å²) in [6.45, 7) is 2.30. The minimum atomic E-state index is -0.325. The first-order chi connectivity index (χ1) is 12.8. The standard InChI is InChI=1S/C19H21FN6/c20-16-4-2-1-3-15(16)19-23-22-18-8-7-17(24-26(18)19)21-13-9-11-25(12-10-13)14-5-6-14/h1-4,7-8,13-14H,5-6,9-12H2,(H,21,24). The van der Waals surface area contributed by atoms with Gasteiger partial charge >= 0.3 is 0 Å². The Morgan fingerprint density at radius 1 is 0.962 bits per heavy atom. The maximum Gasteiger partial charge on any atom is 0.188 e. The van der Waals surface area contributed by atoms with Crippen molar-refractivity contribution in [1.29, 1.82) is 0 Å². The molecule has 3 aromatic rings. The molecule has 134 valence electrons. The molecule has 0 spiro atoms. The van der Waals surface area contributed by atoms with Crippen LogP contribution in [0.3, 0.4) is 0 Å². The van der Waals surface area contributed by atoms with Crippen LogP contribution in [0.4, 0.5) is 10.2 Å². The number of piperidine rings is 1. The van der Waals surface area contributed by atoms with E-state index in [0.29, 0.717) is 23.1 Å². The molecule has 1 aromatic carbocycles. The van der Waals surface area contributed by atoms with Gasteiger partial charge in [-0.1, -0.05) is 12.1 Å². The quantitative estimate of drug-likeness (QED) is 0.782. The van der Waals surface area contributed by atoms with Crippen molar-refractivity contribution in [2.75, 3.05) is 18.4 Å². The Labute approximate surface area is 151 Å². The molecule has 0 amide bonds. The van der Waals surface area contributed by atoms with Crippen LogP contribution in [0.25, 0.3) is 17.0 Å². The van der Waals surface area contributed by atoms with Crippen LogP contribution in [-0.4, -0.2) is 49.9 Å². The molecule has 0 atom stereocenters. The number of aromatic nitrogens is 4. The Balaban J connectivity index is 1.38. The molecular formula is C19H21FN6. The van der Waals surface area contributed by atoms with Crippen molar-refractivity contribution in [2.24, 2.45) is 0 Å². The van der Waals surface area contributed by atoms with Gasteiger partial charge in [0, 0.05) is 25.2 Å². The van der Waals surface area contributed by atoms with E-state index in [4.69, 9.17) is 0 Å². The third kappa shape index (κ3) is 2.92. The van der Waals surface area contributed by atoms with Gasteiger partial charge in [0.1, 0.15) is 11.6 Å². The number of anilines is 1. The summed E-state index contributed by atoms with van der Waals surface area (Å²) in [5.41, 5.74) is 1.01. The minimum Gasteiger partial charge on any atom is -0.366 e. The number of nitrogens with one attached hydrogen (secondary N) is 1. The second-order valence-corrected chi connectivity index (χ2v) is 7.18. The molecule has 6 nitrogen and oxygen atoms in total. The molecule has 2 aliphatic rings. The van der Waals surface area contributed by atoms with E-state index in [1.54, 1.807) is 22.7 Å². The summed E-state index contributed by atoms with van der Waals surface area (Å²) in [5, 5.41) is 16.4. The summed E-state index contributed by atoms with van der Waals surface area (Å²) in [6, 6.07) is 11.6. The Morgan fingerprint density at radius 2 is 1.77 bits per heavy atom. The van der Waals surface area contributed by atoms with Crippen molar-refractivity contribution < 1.29 is 4.39 Å². The van der Waals surface area contributed by atoms with Crippen molar-refractivity contribution in [1.82, 2.24) is 24.7 Å². The van der Waals surface area contributed by atoms with E-state index in [1.165, 1.54) is 18.9 Å². The summed E-state index contributed by atoms with van der Waals surface area (Å²) in [7, 11) is 0. The lowest BCUT2D eigenvalue weighted by Gasteiger charge is -2.32. The van der Waals surface area contributed by atoms with Gasteiger partial charge < -0.3 is 10.2 Å². The van der Waals surface area contributed by atoms with Gasteiger partial charge in [0.2, 0.25) is 0 Å². The number of rotatable bonds is 4. The highest BCUT2D eigenvalue weighted by Gasteiger charge is 2.31. The number of hydrogen-bond donors (Lipinski definition) is 1. The number of halogens is 1. The molecule has 1 aliphatic carbocycles. The fourth-order valence-electron chi connectivity index (χ4n) is 3.73. The van der Waals surface area contributed by atoms with Crippen molar-refractivity contribution in [2.45, 2.75) is 37.8 Å². The molecule has 2 fully saturated rings. The molecule has 1 aliphatic heterocycles. The number of nitrogens with zero attached hydrogens (tertiary/aromatic N) is 5. The molecule has 1 saturated carbocycles. The summed E-state index contributed by atoms with van der Waals surface area (Å²) in [6.07, 6.45) is 4.97. The van der Waals surface area contributed by atoms with Crippen molar-refractivity contribution in [3.63, 3.8) is 0 Å². The number of likely N-dealkylation sites (tertiary alicyclic amines) is 1. The van der Waals surface area contributed by atoms with Gasteiger partial charge in [0.05, 0.1) is 5.56 Å². The van der Waals surface area contributed by atoms with Crippen LogP contribution in [0.2, 0.25) is 0 Å². The fraction of sp³-hybridized carbons (Fsp3) is 0.421. The number of fused-ring (bicyclic) bond motifs is 1. The molecule has 2 aromatic heterocycles. The molecule has 7 heteroatoms. The van der Waals surface area contributed by atoms with E-state index in [9.17, 15) is 4.39 Å². The third-order valence-electron chi connectivity index (χ3n) is 5.32. The Kier molecular flexibility index (Phi) is 3.81. The monoisotopic (exact) mass is 352 g/mol. The van der Waals surface area contributed by atoms with E-state index < -0.39 is 0 Å². The minimum absolute atomic E-state index is 0.325. The lowest BCUT2D eigenvalue weighted by Crippen LogP contribution is -2.40. The zero-order valence-corrected chi connectivity index (χ0v) is 14.5. The van der Waals surface area contributed by atoms with Gasteiger partial charge in [-0.25, -0.2) is 4.39 Å². The first-order valence-corrected chi connectivity index (χ1v) is 9.26. The van der Waals surface area contributed by atoms with Gasteiger partial charge in [-0.3, -0.25) is 0 Å². The van der Waals surface area contributed by atoms with Gasteiger partial charge in [-0.15, -0.1) is 15.3 Å². The second kappa shape index (κ2) is 6.32. The molecular weight excluding hydrogens is 331 g/mol. The fourth-order valence-corrected chi connectivity index (χ4v) is 3.73. The van der Waals surface area contributed by atoms with Crippen LogP contribution < -0.4 is 5.32 Å². The average Bonchev–Trinajstić information content (AvgIpc) is 3.43. The van der Waals surface area contributed by atoms with E-state index >= 15 is 0 Å². The lowest BCUT2D eigenvalue weighted by atomic mass is 10.1. The van der Waals surface area contributed by atoms with Gasteiger partial charge in [-0.05, 0) is 49.9 Å². The highest BCUT2D eigenvalue weighted by Crippen LogP contribution is 2.30. The summed E-state index contributed by atoms with van der Waals surface area (Å²) >= 11 is 0. The largest absolute Gasteiger partial charge is 0.366 e. The predicted molar refractivity (Wildman–Crippen MR) is 97.4 cm³/mol. The van der Waals surface area contributed by atoms with E-state index in [2.05, 4.69) is 25.5 Å². The lowest BCUT2D eigenvalue weighted by molar-refractivity contribution is 0.210. The van der Waals surface area contributed by atoms with Gasteiger partial charge in [0.15, 0.2) is 11.5 Å². The first-order valence-electron chi connectivity index (χ1n) is 9.26. The summed E-state index contributed by atoms with van der Waals surface area (Å²) < 4.78 is 15.7. The highest BCUT2D eigenvalue weighted by atomic mass is 19.1. The maximum absolute atomic E-state index is 14.1. The molecule has 0 unspecified atom stereocenters. The molecule has 0 radical (unpaired) electrons. The topological polar surface area (TPSA) is 58.4 Å². The molecule has 0 bridgehead atoms. The normalized spacial score (nSPS) is 19.1. The van der Waals surface area contributed by atoms with Crippen LogP contribution in [0, 0.1) is 5.82 Å². The van der Waals surface area contributed by atoms with E-state index in [0.717, 1.165) is 37.8 Å². The maximum atomic E-state index is 14.1. The highest BCUT2D eigenvalue weighted by molar-refractivity contribution is 5.60. The van der Waals surface area contributed by atoms with E-state index in [-0.39, 0.29) is 5.82 Å².